The molecule has 3 rings (SSSR count). The number of rotatable bonds is 1. The van der Waals surface area contributed by atoms with Crippen LogP contribution in [0, 0.1) is 0 Å². The van der Waals surface area contributed by atoms with Gasteiger partial charge in [0.2, 0.25) is 0 Å². The van der Waals surface area contributed by atoms with Gasteiger partial charge in [0.15, 0.2) is 6.10 Å². The summed E-state index contributed by atoms with van der Waals surface area (Å²) in [4.78, 5) is 14.3. The van der Waals surface area contributed by atoms with Crippen molar-refractivity contribution in [1.82, 2.24) is 10.2 Å². The Bertz CT molecular complexity index is 510. The molecule has 6 heteroatoms. The van der Waals surface area contributed by atoms with Gasteiger partial charge in [-0.3, -0.25) is 4.79 Å². The van der Waals surface area contributed by atoms with E-state index in [0.717, 1.165) is 30.9 Å². The number of hydrogen-bond acceptors (Lipinski definition) is 3. The van der Waals surface area contributed by atoms with Gasteiger partial charge in [0.1, 0.15) is 5.75 Å². The summed E-state index contributed by atoms with van der Waals surface area (Å²) >= 11 is 5.96. The van der Waals surface area contributed by atoms with Gasteiger partial charge in [0, 0.05) is 37.1 Å². The zero-order chi connectivity index (χ0) is 13.4. The summed E-state index contributed by atoms with van der Waals surface area (Å²) in [5.74, 6) is 0.867. The van der Waals surface area contributed by atoms with Crippen LogP contribution in [0.4, 0.5) is 0 Å². The highest BCUT2D eigenvalue weighted by Gasteiger charge is 2.33. The first-order chi connectivity index (χ1) is 9.13. The second kappa shape index (κ2) is 6.20. The van der Waals surface area contributed by atoms with E-state index in [1.807, 2.05) is 17.0 Å². The number of nitrogens with one attached hydrogen (secondary N) is 1. The maximum Gasteiger partial charge on any atom is 0.264 e. The van der Waals surface area contributed by atoms with Crippen LogP contribution in [0.5, 0.6) is 5.75 Å². The lowest BCUT2D eigenvalue weighted by Crippen LogP contribution is -2.54. The second-order valence-corrected chi connectivity index (χ2v) is 5.64. The number of piperazine rings is 1. The molecule has 0 saturated carbocycles. The van der Waals surface area contributed by atoms with Gasteiger partial charge in [-0.05, 0) is 30.7 Å². The number of halogens is 2. The molecule has 1 amide bonds. The van der Waals surface area contributed by atoms with E-state index in [-0.39, 0.29) is 18.3 Å². The van der Waals surface area contributed by atoms with Gasteiger partial charge in [0.25, 0.3) is 5.91 Å². The number of carbonyl (C=O) groups is 1. The van der Waals surface area contributed by atoms with Crippen LogP contribution in [-0.4, -0.2) is 42.6 Å². The van der Waals surface area contributed by atoms with Crippen LogP contribution in [0.15, 0.2) is 18.2 Å². The fourth-order valence-corrected chi connectivity index (χ4v) is 2.89. The van der Waals surface area contributed by atoms with Crippen molar-refractivity contribution in [2.24, 2.45) is 0 Å². The third-order valence-electron chi connectivity index (χ3n) is 3.65. The van der Waals surface area contributed by atoms with Crippen molar-refractivity contribution in [3.8, 4) is 5.75 Å². The maximum atomic E-state index is 12.4. The molecule has 2 heterocycles. The maximum absolute atomic E-state index is 12.4. The molecule has 1 fully saturated rings. The number of carbonyl (C=O) groups excluding carboxylic acids is 1. The quantitative estimate of drug-likeness (QED) is 0.860. The van der Waals surface area contributed by atoms with Gasteiger partial charge in [0.05, 0.1) is 0 Å². The van der Waals surface area contributed by atoms with E-state index in [2.05, 4.69) is 12.2 Å². The Hall–Kier alpha value is -0.970. The summed E-state index contributed by atoms with van der Waals surface area (Å²) in [5.41, 5.74) is 1.02. The highest BCUT2D eigenvalue weighted by molar-refractivity contribution is 6.30. The smallest absolute Gasteiger partial charge is 0.264 e. The molecule has 1 N–H and O–H groups in total. The van der Waals surface area contributed by atoms with Gasteiger partial charge in [-0.2, -0.15) is 0 Å². The molecule has 1 aromatic rings. The van der Waals surface area contributed by atoms with E-state index >= 15 is 0 Å². The lowest BCUT2D eigenvalue weighted by Gasteiger charge is -2.33. The van der Waals surface area contributed by atoms with E-state index in [4.69, 9.17) is 16.3 Å². The molecule has 1 saturated heterocycles. The molecule has 2 unspecified atom stereocenters. The Kier molecular flexibility index (Phi) is 4.78. The zero-order valence-electron chi connectivity index (χ0n) is 11.3. The Morgan fingerprint density at radius 3 is 3.05 bits per heavy atom. The van der Waals surface area contributed by atoms with Crippen LogP contribution in [0.1, 0.15) is 12.5 Å². The summed E-state index contributed by atoms with van der Waals surface area (Å²) < 4.78 is 5.74. The summed E-state index contributed by atoms with van der Waals surface area (Å²) in [6.45, 7) is 4.43. The molecule has 110 valence electrons. The monoisotopic (exact) mass is 316 g/mol. The highest BCUT2D eigenvalue weighted by atomic mass is 35.5. The van der Waals surface area contributed by atoms with Gasteiger partial charge < -0.3 is 15.0 Å². The normalized spacial score (nSPS) is 24.6. The summed E-state index contributed by atoms with van der Waals surface area (Å²) in [6, 6.07) is 5.85. The number of fused-ring (bicyclic) bond motifs is 1. The van der Waals surface area contributed by atoms with E-state index < -0.39 is 6.10 Å². The first-order valence-electron chi connectivity index (χ1n) is 6.61. The first kappa shape index (κ1) is 15.4. The number of benzene rings is 1. The molecule has 2 atom stereocenters. The van der Waals surface area contributed by atoms with Crippen LogP contribution in [0.3, 0.4) is 0 Å². The molecule has 1 aromatic carbocycles. The van der Waals surface area contributed by atoms with Crippen molar-refractivity contribution in [3.05, 3.63) is 28.8 Å². The Labute approximate surface area is 129 Å². The van der Waals surface area contributed by atoms with Crippen LogP contribution >= 0.6 is 24.0 Å². The predicted octanol–water partition coefficient (Wildman–Crippen LogP) is 1.89. The lowest BCUT2D eigenvalue weighted by atomic mass is 10.1. The van der Waals surface area contributed by atoms with Crippen molar-refractivity contribution >= 4 is 29.9 Å². The summed E-state index contributed by atoms with van der Waals surface area (Å²) in [6.07, 6.45) is 0.228. The molecule has 20 heavy (non-hydrogen) atoms. The van der Waals surface area contributed by atoms with Gasteiger partial charge in [-0.15, -0.1) is 12.4 Å². The van der Waals surface area contributed by atoms with Gasteiger partial charge in [-0.25, -0.2) is 0 Å². The van der Waals surface area contributed by atoms with E-state index in [9.17, 15) is 4.79 Å². The van der Waals surface area contributed by atoms with Crippen molar-refractivity contribution in [3.63, 3.8) is 0 Å². The average Bonchev–Trinajstić information content (AvgIpc) is 2.80. The minimum atomic E-state index is -0.390. The van der Waals surface area contributed by atoms with Crippen molar-refractivity contribution < 1.29 is 9.53 Å². The fourth-order valence-electron chi connectivity index (χ4n) is 2.69. The van der Waals surface area contributed by atoms with E-state index in [0.29, 0.717) is 17.5 Å². The second-order valence-electron chi connectivity index (χ2n) is 5.20. The SMILES string of the molecule is CC1CN(C(=O)C2Cc3cc(Cl)ccc3O2)CCN1.Cl. The predicted molar refractivity (Wildman–Crippen MR) is 80.9 cm³/mol. The third kappa shape index (κ3) is 3.03. The fraction of sp³-hybridized carbons (Fsp3) is 0.500. The number of nitrogens with zero attached hydrogens (tertiary/aromatic N) is 1. The number of hydrogen-bond donors (Lipinski definition) is 1. The Balaban J connectivity index is 0.00000147. The summed E-state index contributed by atoms with van der Waals surface area (Å²) in [5, 5.41) is 4.02. The standard InChI is InChI=1S/C14H17ClN2O2.ClH/c1-9-8-17(5-4-16-9)14(18)13-7-10-6-11(15)2-3-12(10)19-13;/h2-3,6,9,13,16H,4-5,7-8H2,1H3;1H. The lowest BCUT2D eigenvalue weighted by molar-refractivity contribution is -0.139. The molecule has 2 aliphatic rings. The van der Waals surface area contributed by atoms with E-state index in [1.54, 1.807) is 6.07 Å². The number of amides is 1. The number of ether oxygens (including phenoxy) is 1. The molecule has 0 bridgehead atoms. The molecule has 0 spiro atoms. The molecule has 2 aliphatic heterocycles. The van der Waals surface area contributed by atoms with Gasteiger partial charge in [-0.1, -0.05) is 11.6 Å². The summed E-state index contributed by atoms with van der Waals surface area (Å²) in [7, 11) is 0. The Morgan fingerprint density at radius 1 is 1.50 bits per heavy atom. The molecule has 4 nitrogen and oxygen atoms in total. The minimum absolute atomic E-state index is 0. The van der Waals surface area contributed by atoms with Crippen LogP contribution in [-0.2, 0) is 11.2 Å². The third-order valence-corrected chi connectivity index (χ3v) is 3.89. The Morgan fingerprint density at radius 2 is 2.30 bits per heavy atom. The molecular formula is C14H18Cl2N2O2. The average molecular weight is 317 g/mol. The highest BCUT2D eigenvalue weighted by Crippen LogP contribution is 2.31. The van der Waals surface area contributed by atoms with Gasteiger partial charge >= 0.3 is 0 Å². The molecule has 0 radical (unpaired) electrons. The van der Waals surface area contributed by atoms with Crippen LogP contribution in [0.2, 0.25) is 5.02 Å². The minimum Gasteiger partial charge on any atom is -0.480 e. The molecule has 0 aromatic heterocycles. The van der Waals surface area contributed by atoms with Crippen LogP contribution in [0.25, 0.3) is 0 Å². The largest absolute Gasteiger partial charge is 0.480 e. The topological polar surface area (TPSA) is 41.6 Å². The molecule has 0 aliphatic carbocycles. The van der Waals surface area contributed by atoms with Crippen LogP contribution < -0.4 is 10.1 Å². The van der Waals surface area contributed by atoms with E-state index in [1.165, 1.54) is 0 Å². The van der Waals surface area contributed by atoms with Crippen molar-refractivity contribution in [2.45, 2.75) is 25.5 Å². The first-order valence-corrected chi connectivity index (χ1v) is 6.98. The zero-order valence-corrected chi connectivity index (χ0v) is 12.8. The van der Waals surface area contributed by atoms with Crippen molar-refractivity contribution in [1.29, 1.82) is 0 Å². The van der Waals surface area contributed by atoms with Crippen molar-refractivity contribution in [2.75, 3.05) is 19.6 Å². The molecular weight excluding hydrogens is 299 g/mol.